The van der Waals surface area contributed by atoms with Gasteiger partial charge in [0.2, 0.25) is 6.79 Å². The summed E-state index contributed by atoms with van der Waals surface area (Å²) in [5.74, 6) is 0.262. The number of ether oxygens (including phenoxy) is 2. The highest BCUT2D eigenvalue weighted by Crippen LogP contribution is 2.32. The van der Waals surface area contributed by atoms with E-state index in [9.17, 15) is 14.0 Å². The third kappa shape index (κ3) is 4.35. The Kier molecular flexibility index (Phi) is 5.11. The summed E-state index contributed by atoms with van der Waals surface area (Å²) in [6.45, 7) is 0.529. The number of fused-ring (bicyclic) bond motifs is 1. The van der Waals surface area contributed by atoms with Crippen LogP contribution in [0.2, 0.25) is 0 Å². The monoisotopic (exact) mass is 392 g/mol. The van der Waals surface area contributed by atoms with Crippen LogP contribution in [0.1, 0.15) is 26.3 Å². The summed E-state index contributed by atoms with van der Waals surface area (Å²) in [6, 6.07) is 17.3. The van der Waals surface area contributed by atoms with Crippen molar-refractivity contribution in [1.29, 1.82) is 0 Å². The zero-order valence-corrected chi connectivity index (χ0v) is 15.3. The molecule has 0 radical (unpaired) electrons. The van der Waals surface area contributed by atoms with E-state index in [0.717, 1.165) is 5.56 Å². The number of rotatable bonds is 5. The van der Waals surface area contributed by atoms with E-state index in [1.165, 1.54) is 18.2 Å². The zero-order chi connectivity index (χ0) is 20.2. The first kappa shape index (κ1) is 18.5. The fourth-order valence-electron chi connectivity index (χ4n) is 2.88. The highest BCUT2D eigenvalue weighted by atomic mass is 19.1. The highest BCUT2D eigenvalue weighted by molar-refractivity contribution is 6.05. The van der Waals surface area contributed by atoms with Crippen molar-refractivity contribution < 1.29 is 23.5 Å². The van der Waals surface area contributed by atoms with Crippen molar-refractivity contribution >= 4 is 17.5 Å². The summed E-state index contributed by atoms with van der Waals surface area (Å²) in [5, 5.41) is 5.44. The molecule has 4 rings (SSSR count). The molecule has 0 bridgehead atoms. The predicted molar refractivity (Wildman–Crippen MR) is 105 cm³/mol. The molecule has 3 aromatic carbocycles. The van der Waals surface area contributed by atoms with Crippen LogP contribution in [0.4, 0.5) is 10.1 Å². The number of carbonyl (C=O) groups is 2. The molecule has 0 saturated heterocycles. The van der Waals surface area contributed by atoms with Crippen LogP contribution in [-0.4, -0.2) is 18.6 Å². The molecular weight excluding hydrogens is 375 g/mol. The van der Waals surface area contributed by atoms with Gasteiger partial charge in [0.25, 0.3) is 11.8 Å². The zero-order valence-electron chi connectivity index (χ0n) is 15.3. The van der Waals surface area contributed by atoms with Gasteiger partial charge in [0.1, 0.15) is 5.82 Å². The molecular formula is C22H17FN2O4. The first-order valence-corrected chi connectivity index (χ1v) is 8.92. The number of halogens is 1. The molecule has 0 unspecified atom stereocenters. The van der Waals surface area contributed by atoms with Crippen molar-refractivity contribution in [2.45, 2.75) is 6.54 Å². The smallest absolute Gasteiger partial charge is 0.255 e. The number of benzene rings is 3. The Balaban J connectivity index is 1.35. The lowest BCUT2D eigenvalue weighted by Crippen LogP contribution is -2.23. The maximum Gasteiger partial charge on any atom is 0.255 e. The van der Waals surface area contributed by atoms with E-state index >= 15 is 0 Å². The van der Waals surface area contributed by atoms with Crippen molar-refractivity contribution in [3.05, 3.63) is 89.2 Å². The molecule has 3 aromatic rings. The predicted octanol–water partition coefficient (Wildman–Crippen LogP) is 3.74. The Morgan fingerprint density at radius 2 is 1.59 bits per heavy atom. The number of carbonyl (C=O) groups excluding carboxylic acids is 2. The van der Waals surface area contributed by atoms with Crippen LogP contribution >= 0.6 is 0 Å². The van der Waals surface area contributed by atoms with Gasteiger partial charge in [-0.1, -0.05) is 12.1 Å². The van der Waals surface area contributed by atoms with Gasteiger partial charge < -0.3 is 20.1 Å². The molecule has 1 heterocycles. The maximum atomic E-state index is 13.2. The minimum absolute atomic E-state index is 0.199. The molecule has 7 heteroatoms. The quantitative estimate of drug-likeness (QED) is 0.694. The standard InChI is InChI=1S/C22H17FN2O4/c23-17-2-1-3-18(11-17)25-22(27)16-7-5-15(6-8-16)21(26)24-12-14-4-9-19-20(10-14)29-13-28-19/h1-11H,12-13H2,(H,24,26)(H,25,27). The summed E-state index contributed by atoms with van der Waals surface area (Å²) in [6.07, 6.45) is 0. The van der Waals surface area contributed by atoms with Crippen LogP contribution in [0.3, 0.4) is 0 Å². The Morgan fingerprint density at radius 3 is 2.34 bits per heavy atom. The second kappa shape index (κ2) is 8.02. The van der Waals surface area contributed by atoms with E-state index in [1.807, 2.05) is 12.1 Å². The summed E-state index contributed by atoms with van der Waals surface area (Å²) < 4.78 is 23.8. The topological polar surface area (TPSA) is 76.7 Å². The molecule has 6 nitrogen and oxygen atoms in total. The fraction of sp³-hybridized carbons (Fsp3) is 0.0909. The molecule has 0 spiro atoms. The Labute approximate surface area is 166 Å². The summed E-state index contributed by atoms with van der Waals surface area (Å²) in [4.78, 5) is 24.6. The second-order valence-electron chi connectivity index (χ2n) is 6.41. The number of nitrogens with one attached hydrogen (secondary N) is 2. The van der Waals surface area contributed by atoms with Crippen LogP contribution in [0, 0.1) is 5.82 Å². The van der Waals surface area contributed by atoms with Crippen LogP contribution in [-0.2, 0) is 6.54 Å². The lowest BCUT2D eigenvalue weighted by Gasteiger charge is -2.08. The Bertz CT molecular complexity index is 1070. The third-order valence-corrected chi connectivity index (χ3v) is 4.38. The number of hydrogen-bond acceptors (Lipinski definition) is 4. The Morgan fingerprint density at radius 1 is 0.862 bits per heavy atom. The van der Waals surface area contributed by atoms with Crippen LogP contribution < -0.4 is 20.1 Å². The summed E-state index contributed by atoms with van der Waals surface area (Å²) in [5.41, 5.74) is 2.03. The largest absolute Gasteiger partial charge is 0.454 e. The SMILES string of the molecule is O=C(NCc1ccc2c(c1)OCO2)c1ccc(C(=O)Nc2cccc(F)c2)cc1. The average molecular weight is 392 g/mol. The molecule has 0 aliphatic carbocycles. The van der Waals surface area contributed by atoms with Gasteiger partial charge >= 0.3 is 0 Å². The van der Waals surface area contributed by atoms with E-state index in [0.29, 0.717) is 34.9 Å². The van der Waals surface area contributed by atoms with Crippen molar-refractivity contribution in [2.75, 3.05) is 12.1 Å². The molecule has 0 aromatic heterocycles. The molecule has 1 aliphatic heterocycles. The van der Waals surface area contributed by atoms with Gasteiger partial charge in [0, 0.05) is 23.4 Å². The van der Waals surface area contributed by atoms with Gasteiger partial charge in [-0.2, -0.15) is 0 Å². The fourth-order valence-corrected chi connectivity index (χ4v) is 2.88. The molecule has 2 N–H and O–H groups in total. The molecule has 0 saturated carbocycles. The summed E-state index contributed by atoms with van der Waals surface area (Å²) >= 11 is 0. The van der Waals surface area contributed by atoms with Gasteiger partial charge in [-0.15, -0.1) is 0 Å². The van der Waals surface area contributed by atoms with E-state index in [1.54, 1.807) is 36.4 Å². The molecule has 1 aliphatic rings. The van der Waals surface area contributed by atoms with Crippen molar-refractivity contribution in [2.24, 2.45) is 0 Å². The van der Waals surface area contributed by atoms with Crippen LogP contribution in [0.15, 0.2) is 66.7 Å². The van der Waals surface area contributed by atoms with Crippen LogP contribution in [0.25, 0.3) is 0 Å². The molecule has 0 atom stereocenters. The van der Waals surface area contributed by atoms with E-state index < -0.39 is 5.82 Å². The summed E-state index contributed by atoms with van der Waals surface area (Å²) in [7, 11) is 0. The van der Waals surface area contributed by atoms with Crippen molar-refractivity contribution in [1.82, 2.24) is 5.32 Å². The van der Waals surface area contributed by atoms with E-state index in [2.05, 4.69) is 10.6 Å². The van der Waals surface area contributed by atoms with Crippen molar-refractivity contribution in [3.8, 4) is 11.5 Å². The van der Waals surface area contributed by atoms with Crippen LogP contribution in [0.5, 0.6) is 11.5 Å². The number of hydrogen-bond donors (Lipinski definition) is 2. The van der Waals surface area contributed by atoms with Gasteiger partial charge in [0.15, 0.2) is 11.5 Å². The Hall–Kier alpha value is -3.87. The minimum atomic E-state index is -0.433. The highest BCUT2D eigenvalue weighted by Gasteiger charge is 2.14. The first-order chi connectivity index (χ1) is 14.1. The van der Waals surface area contributed by atoms with E-state index in [4.69, 9.17) is 9.47 Å². The molecule has 146 valence electrons. The third-order valence-electron chi connectivity index (χ3n) is 4.38. The lowest BCUT2D eigenvalue weighted by molar-refractivity contribution is 0.0949. The number of anilines is 1. The van der Waals surface area contributed by atoms with E-state index in [-0.39, 0.29) is 18.6 Å². The van der Waals surface area contributed by atoms with Crippen molar-refractivity contribution in [3.63, 3.8) is 0 Å². The number of amides is 2. The lowest BCUT2D eigenvalue weighted by atomic mass is 10.1. The minimum Gasteiger partial charge on any atom is -0.454 e. The molecule has 2 amide bonds. The van der Waals surface area contributed by atoms with Gasteiger partial charge in [-0.3, -0.25) is 9.59 Å². The first-order valence-electron chi connectivity index (χ1n) is 8.92. The normalized spacial score (nSPS) is 11.8. The average Bonchev–Trinajstić information content (AvgIpc) is 3.20. The van der Waals surface area contributed by atoms with Gasteiger partial charge in [-0.05, 0) is 60.2 Å². The molecule has 0 fully saturated rings. The van der Waals surface area contributed by atoms with Gasteiger partial charge in [0.05, 0.1) is 0 Å². The maximum absolute atomic E-state index is 13.2. The second-order valence-corrected chi connectivity index (χ2v) is 6.41. The van der Waals surface area contributed by atoms with Gasteiger partial charge in [-0.25, -0.2) is 4.39 Å². The molecule has 29 heavy (non-hydrogen) atoms.